The van der Waals surface area contributed by atoms with Gasteiger partial charge in [-0.25, -0.2) is 8.42 Å². The van der Waals surface area contributed by atoms with Crippen molar-refractivity contribution in [2.24, 2.45) is 0 Å². The first-order valence-corrected chi connectivity index (χ1v) is 8.81. The molecule has 1 fully saturated rings. The van der Waals surface area contributed by atoms with E-state index in [1.165, 1.54) is 0 Å². The van der Waals surface area contributed by atoms with Crippen molar-refractivity contribution >= 4 is 20.7 Å². The molecule has 114 valence electrons. The highest BCUT2D eigenvalue weighted by Crippen LogP contribution is 2.36. The predicted octanol–water partition coefficient (Wildman–Crippen LogP) is 2.21. The van der Waals surface area contributed by atoms with Crippen molar-refractivity contribution in [3.63, 3.8) is 0 Å². The Bertz CT molecular complexity index is 973. The molecule has 1 N–H and O–H groups in total. The maximum absolute atomic E-state index is 11.4. The molecule has 6 nitrogen and oxygen atoms in total. The second-order valence-corrected chi connectivity index (χ2v) is 8.33. The SMILES string of the molecule is Cc1cc2ccc(-c3noc(C4(C)CS(=O)(=O)C4)n3)cc2[nH]1. The van der Waals surface area contributed by atoms with E-state index < -0.39 is 15.3 Å². The lowest BCUT2D eigenvalue weighted by molar-refractivity contribution is 0.310. The van der Waals surface area contributed by atoms with Crippen molar-refractivity contribution < 1.29 is 12.9 Å². The first-order valence-electron chi connectivity index (χ1n) is 6.99. The van der Waals surface area contributed by atoms with Gasteiger partial charge < -0.3 is 9.51 Å². The fraction of sp³-hybridized carbons (Fsp3) is 0.333. The van der Waals surface area contributed by atoms with Crippen LogP contribution in [0.2, 0.25) is 0 Å². The van der Waals surface area contributed by atoms with Crippen LogP contribution in [0.25, 0.3) is 22.3 Å². The topological polar surface area (TPSA) is 88.8 Å². The van der Waals surface area contributed by atoms with Crippen molar-refractivity contribution in [1.82, 2.24) is 15.1 Å². The quantitative estimate of drug-likeness (QED) is 0.783. The minimum atomic E-state index is -2.95. The molecule has 1 aliphatic rings. The summed E-state index contributed by atoms with van der Waals surface area (Å²) in [5, 5.41) is 5.13. The molecule has 0 amide bonds. The Morgan fingerprint density at radius 2 is 2.05 bits per heavy atom. The fourth-order valence-corrected chi connectivity index (χ4v) is 5.15. The highest BCUT2D eigenvalue weighted by molar-refractivity contribution is 7.93. The molecule has 0 bridgehead atoms. The minimum absolute atomic E-state index is 0.0660. The number of sulfone groups is 1. The zero-order valence-electron chi connectivity index (χ0n) is 12.3. The number of benzene rings is 1. The number of rotatable bonds is 2. The monoisotopic (exact) mass is 317 g/mol. The van der Waals surface area contributed by atoms with Gasteiger partial charge in [0.05, 0.1) is 16.9 Å². The Balaban J connectivity index is 1.71. The van der Waals surface area contributed by atoms with Gasteiger partial charge in [0.1, 0.15) is 0 Å². The van der Waals surface area contributed by atoms with E-state index in [0.29, 0.717) is 11.7 Å². The number of aromatic nitrogens is 3. The predicted molar refractivity (Wildman–Crippen MR) is 82.3 cm³/mol. The molecule has 7 heteroatoms. The Hall–Kier alpha value is -2.15. The summed E-state index contributed by atoms with van der Waals surface area (Å²) < 4.78 is 28.1. The maximum Gasteiger partial charge on any atom is 0.234 e. The van der Waals surface area contributed by atoms with E-state index in [1.807, 2.05) is 32.0 Å². The third kappa shape index (κ3) is 2.04. The number of nitrogens with one attached hydrogen (secondary N) is 1. The summed E-state index contributed by atoms with van der Waals surface area (Å²) >= 11 is 0. The van der Waals surface area contributed by atoms with Gasteiger partial charge in [-0.05, 0) is 31.4 Å². The van der Waals surface area contributed by atoms with E-state index in [9.17, 15) is 8.42 Å². The lowest BCUT2D eigenvalue weighted by Crippen LogP contribution is -2.50. The van der Waals surface area contributed by atoms with Gasteiger partial charge in [0.2, 0.25) is 11.7 Å². The molecule has 0 aliphatic carbocycles. The number of fused-ring (bicyclic) bond motifs is 1. The third-order valence-corrected chi connectivity index (χ3v) is 6.19. The lowest BCUT2D eigenvalue weighted by atomic mass is 9.95. The normalized spacial score (nSPS) is 19.2. The van der Waals surface area contributed by atoms with Gasteiger partial charge in [0.25, 0.3) is 0 Å². The number of aromatic amines is 1. The molecule has 3 aromatic rings. The first kappa shape index (κ1) is 13.5. The van der Waals surface area contributed by atoms with Crippen LogP contribution in [-0.4, -0.2) is 35.0 Å². The molecule has 2 aromatic heterocycles. The minimum Gasteiger partial charge on any atom is -0.359 e. The van der Waals surface area contributed by atoms with Crippen LogP contribution in [0, 0.1) is 6.92 Å². The van der Waals surface area contributed by atoms with E-state index in [-0.39, 0.29) is 11.5 Å². The lowest BCUT2D eigenvalue weighted by Gasteiger charge is -2.33. The molecule has 1 aromatic carbocycles. The summed E-state index contributed by atoms with van der Waals surface area (Å²) in [7, 11) is -2.95. The zero-order valence-corrected chi connectivity index (χ0v) is 13.1. The van der Waals surface area contributed by atoms with Gasteiger partial charge in [-0.1, -0.05) is 17.3 Å². The largest absolute Gasteiger partial charge is 0.359 e. The van der Waals surface area contributed by atoms with Gasteiger partial charge in [0.15, 0.2) is 9.84 Å². The molecular formula is C15H15N3O3S. The Labute approximate surface area is 127 Å². The Morgan fingerprint density at radius 1 is 1.27 bits per heavy atom. The second kappa shape index (κ2) is 4.19. The molecule has 1 saturated heterocycles. The molecule has 0 radical (unpaired) electrons. The van der Waals surface area contributed by atoms with Crippen molar-refractivity contribution in [2.45, 2.75) is 19.3 Å². The van der Waals surface area contributed by atoms with E-state index in [4.69, 9.17) is 4.52 Å². The van der Waals surface area contributed by atoms with Crippen LogP contribution < -0.4 is 0 Å². The maximum atomic E-state index is 11.4. The standard InChI is InChI=1S/C15H15N3O3S/c1-9-5-10-3-4-11(6-12(10)16-9)13-17-14(21-18-13)15(2)7-22(19,20)8-15/h3-6,16H,7-8H2,1-2H3. The summed E-state index contributed by atoms with van der Waals surface area (Å²) in [6.07, 6.45) is 0. The van der Waals surface area contributed by atoms with Gasteiger partial charge >= 0.3 is 0 Å². The van der Waals surface area contributed by atoms with Crippen molar-refractivity contribution in [1.29, 1.82) is 0 Å². The van der Waals surface area contributed by atoms with Crippen LogP contribution in [0.15, 0.2) is 28.8 Å². The van der Waals surface area contributed by atoms with E-state index >= 15 is 0 Å². The molecule has 4 rings (SSSR count). The smallest absolute Gasteiger partial charge is 0.234 e. The average molecular weight is 317 g/mol. The van der Waals surface area contributed by atoms with Gasteiger partial charge in [-0.2, -0.15) is 4.98 Å². The highest BCUT2D eigenvalue weighted by atomic mass is 32.2. The van der Waals surface area contributed by atoms with Gasteiger partial charge in [0, 0.05) is 16.8 Å². The second-order valence-electron chi connectivity index (χ2n) is 6.27. The fourth-order valence-electron chi connectivity index (χ4n) is 3.05. The van der Waals surface area contributed by atoms with Crippen LogP contribution in [0.3, 0.4) is 0 Å². The Kier molecular flexibility index (Phi) is 2.57. The Morgan fingerprint density at radius 3 is 2.77 bits per heavy atom. The molecule has 0 unspecified atom stereocenters. The average Bonchev–Trinajstić information content (AvgIpc) is 3.00. The number of nitrogens with zero attached hydrogens (tertiary/aromatic N) is 2. The molecular weight excluding hydrogens is 302 g/mol. The van der Waals surface area contributed by atoms with Crippen LogP contribution in [0.1, 0.15) is 18.5 Å². The summed E-state index contributed by atoms with van der Waals surface area (Å²) in [6.45, 7) is 3.84. The van der Waals surface area contributed by atoms with Gasteiger partial charge in [-0.3, -0.25) is 0 Å². The van der Waals surface area contributed by atoms with Crippen molar-refractivity contribution in [2.75, 3.05) is 11.5 Å². The van der Waals surface area contributed by atoms with E-state index in [1.54, 1.807) is 0 Å². The number of hydrogen-bond donors (Lipinski definition) is 1. The molecule has 0 saturated carbocycles. The van der Waals surface area contributed by atoms with Crippen LogP contribution in [0.5, 0.6) is 0 Å². The zero-order chi connectivity index (χ0) is 15.5. The summed E-state index contributed by atoms with van der Waals surface area (Å²) in [6, 6.07) is 7.97. The first-order chi connectivity index (χ1) is 10.3. The summed E-state index contributed by atoms with van der Waals surface area (Å²) in [4.78, 5) is 7.67. The molecule has 22 heavy (non-hydrogen) atoms. The number of H-pyrrole nitrogens is 1. The number of aryl methyl sites for hydroxylation is 1. The van der Waals surface area contributed by atoms with Crippen LogP contribution in [0.4, 0.5) is 0 Å². The molecule has 3 heterocycles. The highest BCUT2D eigenvalue weighted by Gasteiger charge is 2.50. The van der Waals surface area contributed by atoms with Crippen molar-refractivity contribution in [3.05, 3.63) is 35.9 Å². The van der Waals surface area contributed by atoms with E-state index in [2.05, 4.69) is 21.2 Å². The van der Waals surface area contributed by atoms with Crippen molar-refractivity contribution in [3.8, 4) is 11.4 Å². The summed E-state index contributed by atoms with van der Waals surface area (Å²) in [5.74, 6) is 1.00. The van der Waals surface area contributed by atoms with Crippen LogP contribution in [-0.2, 0) is 15.3 Å². The number of hydrogen-bond acceptors (Lipinski definition) is 5. The molecule has 1 aliphatic heterocycles. The van der Waals surface area contributed by atoms with Crippen LogP contribution >= 0.6 is 0 Å². The van der Waals surface area contributed by atoms with E-state index in [0.717, 1.165) is 22.2 Å². The molecule has 0 spiro atoms. The molecule has 0 atom stereocenters. The third-order valence-electron chi connectivity index (χ3n) is 4.03. The van der Waals surface area contributed by atoms with Gasteiger partial charge in [-0.15, -0.1) is 0 Å². The summed E-state index contributed by atoms with van der Waals surface area (Å²) in [5.41, 5.74) is 2.39.